The van der Waals surface area contributed by atoms with Crippen molar-refractivity contribution in [3.05, 3.63) is 60.2 Å². The summed E-state index contributed by atoms with van der Waals surface area (Å²) in [5.41, 5.74) is 2.27. The molecule has 5 heteroatoms. The normalized spacial score (nSPS) is 26.5. The van der Waals surface area contributed by atoms with Crippen LogP contribution in [0.2, 0.25) is 0 Å². The third-order valence-corrected chi connectivity index (χ3v) is 6.97. The summed E-state index contributed by atoms with van der Waals surface area (Å²) in [7, 11) is 0. The fourth-order valence-electron chi connectivity index (χ4n) is 4.90. The van der Waals surface area contributed by atoms with Crippen molar-refractivity contribution in [2.45, 2.75) is 61.7 Å². The molecule has 3 N–H and O–H groups in total. The summed E-state index contributed by atoms with van der Waals surface area (Å²) in [6, 6.07) is 20.3. The number of amides is 2. The van der Waals surface area contributed by atoms with Crippen molar-refractivity contribution in [2.24, 2.45) is 0 Å². The van der Waals surface area contributed by atoms with E-state index >= 15 is 0 Å². The lowest BCUT2D eigenvalue weighted by Gasteiger charge is -2.46. The Bertz CT molecular complexity index is 766. The van der Waals surface area contributed by atoms with Crippen LogP contribution in [0.3, 0.4) is 0 Å². The Morgan fingerprint density at radius 3 is 2.36 bits per heavy atom. The van der Waals surface area contributed by atoms with Crippen LogP contribution in [0.25, 0.3) is 0 Å². The predicted molar refractivity (Wildman–Crippen MR) is 116 cm³/mol. The molecule has 2 saturated heterocycles. The van der Waals surface area contributed by atoms with Crippen molar-refractivity contribution in [1.29, 1.82) is 0 Å². The molecule has 2 atom stereocenters. The third-order valence-electron chi connectivity index (χ3n) is 6.23. The highest BCUT2D eigenvalue weighted by atomic mass is 32.2. The first-order chi connectivity index (χ1) is 13.7. The summed E-state index contributed by atoms with van der Waals surface area (Å²) in [6.07, 6.45) is 8.09. The molecule has 148 valence electrons. The van der Waals surface area contributed by atoms with Crippen LogP contribution in [0.4, 0.5) is 10.5 Å². The number of carbonyl (C=O) groups excluding carboxylic acids is 1. The van der Waals surface area contributed by atoms with Gasteiger partial charge in [0.25, 0.3) is 0 Å². The van der Waals surface area contributed by atoms with Gasteiger partial charge in [-0.1, -0.05) is 30.3 Å². The van der Waals surface area contributed by atoms with Crippen molar-refractivity contribution >= 4 is 23.5 Å². The zero-order chi connectivity index (χ0) is 19.3. The minimum Gasteiger partial charge on any atom is -0.335 e. The molecule has 0 saturated carbocycles. The molecule has 2 aliphatic rings. The molecule has 2 fully saturated rings. The van der Waals surface area contributed by atoms with Gasteiger partial charge in [0.15, 0.2) is 0 Å². The van der Waals surface area contributed by atoms with E-state index in [1.54, 1.807) is 16.7 Å². The molecule has 2 aliphatic heterocycles. The molecular formula is C23H30N3OS+. The van der Waals surface area contributed by atoms with Gasteiger partial charge in [0.05, 0.1) is 12.1 Å². The van der Waals surface area contributed by atoms with E-state index in [0.29, 0.717) is 12.1 Å². The molecule has 0 unspecified atom stereocenters. The first-order valence-corrected chi connectivity index (χ1v) is 11.5. The van der Waals surface area contributed by atoms with Crippen LogP contribution in [0.5, 0.6) is 0 Å². The minimum atomic E-state index is -0.0773. The van der Waals surface area contributed by atoms with Crippen molar-refractivity contribution in [1.82, 2.24) is 5.32 Å². The Labute approximate surface area is 172 Å². The van der Waals surface area contributed by atoms with Crippen LogP contribution in [0.15, 0.2) is 59.5 Å². The summed E-state index contributed by atoms with van der Waals surface area (Å²) < 4.78 is 0. The summed E-state index contributed by atoms with van der Waals surface area (Å²) in [5.74, 6) is 0. The number of carbonyl (C=O) groups is 1. The molecule has 0 radical (unpaired) electrons. The number of urea groups is 1. The van der Waals surface area contributed by atoms with Crippen LogP contribution < -0.4 is 15.5 Å². The number of nitrogens with one attached hydrogen (secondary N) is 3. The average molecular weight is 397 g/mol. The number of anilines is 1. The molecule has 0 spiro atoms. The Hall–Kier alpha value is -1.98. The van der Waals surface area contributed by atoms with Gasteiger partial charge in [-0.3, -0.25) is 0 Å². The fraction of sp³-hybridized carbons (Fsp3) is 0.435. The lowest BCUT2D eigenvalue weighted by Crippen LogP contribution is -3.20. The highest BCUT2D eigenvalue weighted by Crippen LogP contribution is 2.23. The van der Waals surface area contributed by atoms with E-state index in [1.807, 2.05) is 24.3 Å². The summed E-state index contributed by atoms with van der Waals surface area (Å²) in [4.78, 5) is 15.4. The lowest BCUT2D eigenvalue weighted by atomic mass is 9.81. The maximum Gasteiger partial charge on any atom is 0.319 e. The Morgan fingerprint density at radius 1 is 1.04 bits per heavy atom. The topological polar surface area (TPSA) is 45.6 Å². The molecule has 28 heavy (non-hydrogen) atoms. The molecule has 2 aromatic rings. The van der Waals surface area contributed by atoms with Crippen molar-refractivity contribution in [3.63, 3.8) is 0 Å². The minimum absolute atomic E-state index is 0.0773. The SMILES string of the molecule is CSc1ccc(NC(=O)NC2C[C@H]3CCC[C@H](C2)[NH+]3Cc2ccccc2)cc1. The largest absolute Gasteiger partial charge is 0.335 e. The number of fused-ring (bicyclic) bond motifs is 2. The number of thioether (sulfide) groups is 1. The predicted octanol–water partition coefficient (Wildman–Crippen LogP) is 3.70. The van der Waals surface area contributed by atoms with Crippen molar-refractivity contribution in [3.8, 4) is 0 Å². The number of hydrogen-bond acceptors (Lipinski definition) is 2. The highest BCUT2D eigenvalue weighted by molar-refractivity contribution is 7.98. The smallest absolute Gasteiger partial charge is 0.319 e. The van der Waals surface area contributed by atoms with Gasteiger partial charge in [-0.15, -0.1) is 11.8 Å². The van der Waals surface area contributed by atoms with Gasteiger partial charge in [-0.2, -0.15) is 0 Å². The zero-order valence-electron chi connectivity index (χ0n) is 16.5. The molecule has 2 amide bonds. The fourth-order valence-corrected chi connectivity index (χ4v) is 5.31. The molecule has 4 nitrogen and oxygen atoms in total. The van der Waals surface area contributed by atoms with Crippen LogP contribution >= 0.6 is 11.8 Å². The highest BCUT2D eigenvalue weighted by Gasteiger charge is 2.42. The van der Waals surface area contributed by atoms with E-state index in [1.165, 1.54) is 29.7 Å². The molecule has 0 aromatic heterocycles. The molecule has 2 aromatic carbocycles. The molecular weight excluding hydrogens is 366 g/mol. The average Bonchev–Trinajstić information content (AvgIpc) is 2.70. The molecule has 4 rings (SSSR count). The van der Waals surface area contributed by atoms with Gasteiger partial charge in [0.1, 0.15) is 6.54 Å². The standard InChI is InChI=1S/C23H29N3OS/c1-28-22-12-10-18(11-13-22)24-23(27)25-19-14-20-8-5-9-21(15-19)26(20)16-17-6-3-2-4-7-17/h2-4,6-7,10-13,19-21H,5,8-9,14-16H2,1H3,(H2,24,25,27)/p+1/t20-,21-/m1/s1. The van der Waals surface area contributed by atoms with E-state index in [2.05, 4.69) is 47.2 Å². The number of hydrogen-bond donors (Lipinski definition) is 3. The van der Waals surface area contributed by atoms with Crippen molar-refractivity contribution < 1.29 is 9.69 Å². The number of rotatable bonds is 5. The van der Waals surface area contributed by atoms with E-state index in [4.69, 9.17) is 0 Å². The first kappa shape index (κ1) is 19.3. The second kappa shape index (κ2) is 9.01. The van der Waals surface area contributed by atoms with Gasteiger partial charge >= 0.3 is 6.03 Å². The quantitative estimate of drug-likeness (QED) is 0.675. The van der Waals surface area contributed by atoms with Gasteiger partial charge in [-0.05, 0) is 49.8 Å². The van der Waals surface area contributed by atoms with Gasteiger partial charge in [0.2, 0.25) is 0 Å². The molecule has 2 bridgehead atoms. The number of piperidine rings is 2. The first-order valence-electron chi connectivity index (χ1n) is 10.3. The zero-order valence-corrected chi connectivity index (χ0v) is 17.3. The van der Waals surface area contributed by atoms with Crippen LogP contribution in [-0.4, -0.2) is 30.4 Å². The Morgan fingerprint density at radius 2 is 1.71 bits per heavy atom. The number of quaternary nitrogens is 1. The Balaban J connectivity index is 1.33. The monoisotopic (exact) mass is 396 g/mol. The summed E-state index contributed by atoms with van der Waals surface area (Å²) >= 11 is 1.70. The van der Waals surface area contributed by atoms with Crippen molar-refractivity contribution in [2.75, 3.05) is 11.6 Å². The molecule has 0 aliphatic carbocycles. The summed E-state index contributed by atoms with van der Waals surface area (Å²) in [6.45, 7) is 1.11. The summed E-state index contributed by atoms with van der Waals surface area (Å²) in [5, 5.41) is 6.23. The van der Waals surface area contributed by atoms with E-state index in [0.717, 1.165) is 25.1 Å². The second-order valence-corrected chi connectivity index (χ2v) is 8.94. The number of benzene rings is 2. The van der Waals surface area contributed by atoms with E-state index < -0.39 is 0 Å². The van der Waals surface area contributed by atoms with Crippen LogP contribution in [-0.2, 0) is 6.54 Å². The van der Waals surface area contributed by atoms with Gasteiger partial charge < -0.3 is 15.5 Å². The van der Waals surface area contributed by atoms with E-state index in [9.17, 15) is 4.79 Å². The maximum atomic E-state index is 12.5. The van der Waals surface area contributed by atoms with Gasteiger partial charge in [-0.25, -0.2) is 4.79 Å². The maximum absolute atomic E-state index is 12.5. The van der Waals surface area contributed by atoms with Crippen LogP contribution in [0.1, 0.15) is 37.7 Å². The third kappa shape index (κ3) is 4.70. The Kier molecular flexibility index (Phi) is 6.23. The second-order valence-electron chi connectivity index (χ2n) is 8.06. The lowest BCUT2D eigenvalue weighted by molar-refractivity contribution is -0.973. The van der Waals surface area contributed by atoms with Crippen LogP contribution in [0, 0.1) is 0 Å². The van der Waals surface area contributed by atoms with Gasteiger partial charge in [0, 0.05) is 35.0 Å². The van der Waals surface area contributed by atoms with E-state index in [-0.39, 0.29) is 12.1 Å². The molecule has 2 heterocycles.